The maximum Gasteiger partial charge on any atom is 0.302 e. The number of hydrogen-bond acceptors (Lipinski definition) is 3. The summed E-state index contributed by atoms with van der Waals surface area (Å²) in [5.41, 5.74) is 1.30. The molecule has 22 heavy (non-hydrogen) atoms. The van der Waals surface area contributed by atoms with E-state index in [-0.39, 0.29) is 5.97 Å². The maximum atomic E-state index is 11.0. The highest BCUT2D eigenvalue weighted by molar-refractivity contribution is 6.76. The number of aliphatic hydroxyl groups excluding tert-OH is 1. The molecule has 0 saturated carbocycles. The number of hydrogen-bond donors (Lipinski definition) is 1. The Kier molecular flexibility index (Phi) is 12.5. The van der Waals surface area contributed by atoms with Gasteiger partial charge < -0.3 is 9.84 Å². The van der Waals surface area contributed by atoms with Gasteiger partial charge in [-0.05, 0) is 30.9 Å². The van der Waals surface area contributed by atoms with Gasteiger partial charge in [0.25, 0.3) is 0 Å². The van der Waals surface area contributed by atoms with Crippen LogP contribution in [0.15, 0.2) is 11.6 Å². The second-order valence-corrected chi connectivity index (χ2v) is 12.8. The quantitative estimate of drug-likeness (QED) is 0.226. The second kappa shape index (κ2) is 12.9. The minimum atomic E-state index is -1.17. The van der Waals surface area contributed by atoms with E-state index in [1.54, 1.807) is 0 Å². The van der Waals surface area contributed by atoms with Crippen LogP contribution in [0.5, 0.6) is 0 Å². The first kappa shape index (κ1) is 21.4. The lowest BCUT2D eigenvalue weighted by molar-refractivity contribution is -0.139. The fourth-order valence-electron chi connectivity index (χ4n) is 2.50. The third-order valence-electron chi connectivity index (χ3n) is 3.51. The molecule has 0 aliphatic rings. The van der Waals surface area contributed by atoms with E-state index in [2.05, 4.69) is 25.7 Å². The molecule has 4 heteroatoms. The standard InChI is InChI=1S/C18H36O3Si/c1-17(20)21-15-18(16-22(2,3)4)13-11-9-7-5-6-8-10-12-14-19/h13,19H,5-12,14-16H2,1-4H3/b18-13-. The van der Waals surface area contributed by atoms with Crippen LogP contribution in [0.2, 0.25) is 25.7 Å². The zero-order chi connectivity index (χ0) is 16.8. The van der Waals surface area contributed by atoms with E-state index in [1.165, 1.54) is 44.6 Å². The summed E-state index contributed by atoms with van der Waals surface area (Å²) in [5.74, 6) is -0.190. The van der Waals surface area contributed by atoms with Crippen LogP contribution in [-0.4, -0.2) is 32.4 Å². The van der Waals surface area contributed by atoms with E-state index in [9.17, 15) is 4.79 Å². The summed E-state index contributed by atoms with van der Waals surface area (Å²) >= 11 is 0. The average molecular weight is 329 g/mol. The van der Waals surface area contributed by atoms with E-state index in [0.717, 1.165) is 25.3 Å². The predicted molar refractivity (Wildman–Crippen MR) is 96.9 cm³/mol. The van der Waals surface area contributed by atoms with Crippen LogP contribution in [0.4, 0.5) is 0 Å². The van der Waals surface area contributed by atoms with Crippen LogP contribution in [0.1, 0.15) is 58.3 Å². The molecule has 0 radical (unpaired) electrons. The highest BCUT2D eigenvalue weighted by Crippen LogP contribution is 2.18. The summed E-state index contributed by atoms with van der Waals surface area (Å²) in [4.78, 5) is 11.0. The van der Waals surface area contributed by atoms with Crippen molar-refractivity contribution < 1.29 is 14.6 Å². The van der Waals surface area contributed by atoms with E-state index < -0.39 is 8.07 Å². The molecule has 0 fully saturated rings. The molecule has 0 aromatic carbocycles. The van der Waals surface area contributed by atoms with Gasteiger partial charge >= 0.3 is 5.97 Å². The van der Waals surface area contributed by atoms with Crippen molar-refractivity contribution in [3.8, 4) is 0 Å². The summed E-state index contributed by atoms with van der Waals surface area (Å²) in [7, 11) is -1.17. The lowest BCUT2D eigenvalue weighted by atomic mass is 10.1. The molecule has 0 unspecified atom stereocenters. The maximum absolute atomic E-state index is 11.0. The highest BCUT2D eigenvalue weighted by Gasteiger charge is 2.16. The molecule has 0 atom stereocenters. The Bertz CT molecular complexity index is 319. The largest absolute Gasteiger partial charge is 0.461 e. The summed E-state index contributed by atoms with van der Waals surface area (Å²) in [6.07, 6.45) is 11.8. The molecular weight excluding hydrogens is 292 g/mol. The first-order valence-corrected chi connectivity index (χ1v) is 12.5. The number of esters is 1. The number of carbonyl (C=O) groups excluding carboxylic acids is 1. The Morgan fingerprint density at radius 3 is 2.05 bits per heavy atom. The van der Waals surface area contributed by atoms with Crippen LogP contribution in [0, 0.1) is 0 Å². The molecule has 0 aromatic heterocycles. The van der Waals surface area contributed by atoms with Crippen LogP contribution in [0.3, 0.4) is 0 Å². The molecule has 0 aliphatic heterocycles. The van der Waals surface area contributed by atoms with Crippen molar-refractivity contribution in [3.63, 3.8) is 0 Å². The third-order valence-corrected chi connectivity index (χ3v) is 5.03. The average Bonchev–Trinajstić information content (AvgIpc) is 2.41. The Hall–Kier alpha value is -0.613. The summed E-state index contributed by atoms with van der Waals surface area (Å²) < 4.78 is 5.18. The zero-order valence-corrected chi connectivity index (χ0v) is 16.1. The van der Waals surface area contributed by atoms with Crippen molar-refractivity contribution in [2.75, 3.05) is 13.2 Å². The van der Waals surface area contributed by atoms with Gasteiger partial charge in [-0.3, -0.25) is 4.79 Å². The number of allylic oxidation sites excluding steroid dienone is 1. The van der Waals surface area contributed by atoms with Crippen molar-refractivity contribution >= 4 is 14.0 Å². The number of rotatable bonds is 13. The summed E-state index contributed by atoms with van der Waals surface area (Å²) in [5, 5.41) is 8.71. The van der Waals surface area contributed by atoms with E-state index in [0.29, 0.717) is 13.2 Å². The van der Waals surface area contributed by atoms with Crippen molar-refractivity contribution in [3.05, 3.63) is 11.6 Å². The molecule has 0 aromatic rings. The fourth-order valence-corrected chi connectivity index (χ4v) is 4.11. The summed E-state index contributed by atoms with van der Waals surface area (Å²) in [6, 6.07) is 1.11. The van der Waals surface area contributed by atoms with Crippen molar-refractivity contribution in [1.82, 2.24) is 0 Å². The first-order valence-electron chi connectivity index (χ1n) is 8.77. The van der Waals surface area contributed by atoms with Gasteiger partial charge in [0.1, 0.15) is 6.61 Å². The molecule has 0 aliphatic carbocycles. The molecule has 1 N–H and O–H groups in total. The monoisotopic (exact) mass is 328 g/mol. The zero-order valence-electron chi connectivity index (χ0n) is 15.1. The summed E-state index contributed by atoms with van der Waals surface area (Å²) in [6.45, 7) is 9.32. The van der Waals surface area contributed by atoms with Gasteiger partial charge in [0.15, 0.2) is 0 Å². The minimum Gasteiger partial charge on any atom is -0.461 e. The van der Waals surface area contributed by atoms with E-state index in [4.69, 9.17) is 9.84 Å². The van der Waals surface area contributed by atoms with Gasteiger partial charge in [0, 0.05) is 21.6 Å². The fraction of sp³-hybridized carbons (Fsp3) is 0.833. The molecule has 0 saturated heterocycles. The minimum absolute atomic E-state index is 0.190. The first-order chi connectivity index (χ1) is 10.3. The number of unbranched alkanes of at least 4 members (excludes halogenated alkanes) is 7. The van der Waals surface area contributed by atoms with Gasteiger partial charge in [-0.25, -0.2) is 0 Å². The smallest absolute Gasteiger partial charge is 0.302 e. The lowest BCUT2D eigenvalue weighted by Crippen LogP contribution is -2.21. The van der Waals surface area contributed by atoms with Gasteiger partial charge in [0.05, 0.1) is 0 Å². The van der Waals surface area contributed by atoms with E-state index >= 15 is 0 Å². The lowest BCUT2D eigenvalue weighted by Gasteiger charge is -2.18. The molecular formula is C18H36O3Si. The molecule has 3 nitrogen and oxygen atoms in total. The van der Waals surface area contributed by atoms with Gasteiger partial charge in [-0.1, -0.05) is 57.8 Å². The number of carbonyl (C=O) groups is 1. The molecule has 0 spiro atoms. The topological polar surface area (TPSA) is 46.5 Å². The predicted octanol–water partition coefficient (Wildman–Crippen LogP) is 4.93. The molecule has 130 valence electrons. The van der Waals surface area contributed by atoms with Crippen LogP contribution in [-0.2, 0) is 9.53 Å². The van der Waals surface area contributed by atoms with Crippen LogP contribution >= 0.6 is 0 Å². The van der Waals surface area contributed by atoms with Crippen molar-refractivity contribution in [2.45, 2.75) is 84.0 Å². The van der Waals surface area contributed by atoms with Crippen molar-refractivity contribution in [1.29, 1.82) is 0 Å². The molecule has 0 bridgehead atoms. The Morgan fingerprint density at radius 2 is 1.55 bits per heavy atom. The number of aliphatic hydroxyl groups is 1. The SMILES string of the molecule is CC(=O)OC/C(=C/CCCCCCCCCO)C[Si](C)(C)C. The molecule has 0 heterocycles. The third kappa shape index (κ3) is 15.8. The molecule has 0 rings (SSSR count). The Morgan fingerprint density at radius 1 is 1.00 bits per heavy atom. The van der Waals surface area contributed by atoms with Crippen LogP contribution in [0.25, 0.3) is 0 Å². The Balaban J connectivity index is 3.91. The number of ether oxygens (including phenoxy) is 1. The van der Waals surface area contributed by atoms with Crippen LogP contribution < -0.4 is 0 Å². The van der Waals surface area contributed by atoms with Gasteiger partial charge in [-0.15, -0.1) is 0 Å². The second-order valence-electron chi connectivity index (χ2n) is 7.37. The van der Waals surface area contributed by atoms with Gasteiger partial charge in [0.2, 0.25) is 0 Å². The van der Waals surface area contributed by atoms with E-state index in [1.807, 2.05) is 0 Å². The van der Waals surface area contributed by atoms with Crippen molar-refractivity contribution in [2.24, 2.45) is 0 Å². The van der Waals surface area contributed by atoms with Gasteiger partial charge in [-0.2, -0.15) is 0 Å². The highest BCUT2D eigenvalue weighted by atomic mass is 28.3. The Labute approximate surface area is 138 Å². The molecule has 0 amide bonds. The normalized spacial score (nSPS) is 12.5.